The highest BCUT2D eigenvalue weighted by molar-refractivity contribution is 5.94. The number of ketones is 1. The Morgan fingerprint density at radius 1 is 1.33 bits per heavy atom. The number of hydrogen-bond donors (Lipinski definition) is 0. The zero-order chi connectivity index (χ0) is 13.1. The Morgan fingerprint density at radius 3 is 2.72 bits per heavy atom. The first-order chi connectivity index (χ1) is 8.61. The SMILES string of the molecule is COc1cccc(-c2ncc(C(C)=O)c(C)n2)c1. The number of Topliss-reactive ketones (excluding diaryl/α,β-unsaturated/α-hetero) is 1. The molecule has 92 valence electrons. The molecule has 4 nitrogen and oxygen atoms in total. The van der Waals surface area contributed by atoms with E-state index in [1.54, 1.807) is 13.3 Å². The lowest BCUT2D eigenvalue weighted by Crippen LogP contribution is -2.02. The van der Waals surface area contributed by atoms with Gasteiger partial charge in [-0.2, -0.15) is 0 Å². The minimum Gasteiger partial charge on any atom is -0.497 e. The molecule has 0 unspecified atom stereocenters. The third-order valence-corrected chi connectivity index (χ3v) is 2.69. The summed E-state index contributed by atoms with van der Waals surface area (Å²) >= 11 is 0. The maximum atomic E-state index is 11.3. The number of rotatable bonds is 3. The van der Waals surface area contributed by atoms with E-state index in [-0.39, 0.29) is 5.78 Å². The molecule has 0 saturated carbocycles. The Labute approximate surface area is 106 Å². The molecule has 1 heterocycles. The summed E-state index contributed by atoms with van der Waals surface area (Å²) in [6, 6.07) is 7.51. The fourth-order valence-corrected chi connectivity index (χ4v) is 1.71. The largest absolute Gasteiger partial charge is 0.497 e. The molecule has 2 aromatic rings. The lowest BCUT2D eigenvalue weighted by atomic mass is 10.1. The van der Waals surface area contributed by atoms with Crippen molar-refractivity contribution in [1.82, 2.24) is 9.97 Å². The van der Waals surface area contributed by atoms with E-state index in [2.05, 4.69) is 9.97 Å². The highest BCUT2D eigenvalue weighted by Gasteiger charge is 2.09. The van der Waals surface area contributed by atoms with E-state index in [0.29, 0.717) is 17.1 Å². The molecule has 0 aliphatic heterocycles. The van der Waals surface area contributed by atoms with Crippen molar-refractivity contribution in [3.05, 3.63) is 41.7 Å². The van der Waals surface area contributed by atoms with Crippen molar-refractivity contribution in [2.24, 2.45) is 0 Å². The van der Waals surface area contributed by atoms with E-state index in [1.165, 1.54) is 6.92 Å². The van der Waals surface area contributed by atoms with Gasteiger partial charge in [-0.3, -0.25) is 4.79 Å². The highest BCUT2D eigenvalue weighted by atomic mass is 16.5. The molecule has 0 bridgehead atoms. The third-order valence-electron chi connectivity index (χ3n) is 2.69. The van der Waals surface area contributed by atoms with Gasteiger partial charge in [-0.15, -0.1) is 0 Å². The van der Waals surface area contributed by atoms with Crippen molar-refractivity contribution >= 4 is 5.78 Å². The second kappa shape index (κ2) is 4.96. The number of carbonyl (C=O) groups excluding carboxylic acids is 1. The fourth-order valence-electron chi connectivity index (χ4n) is 1.71. The van der Waals surface area contributed by atoms with Crippen LogP contribution in [0.25, 0.3) is 11.4 Å². The summed E-state index contributed by atoms with van der Waals surface area (Å²) in [5, 5.41) is 0. The van der Waals surface area contributed by atoms with Gasteiger partial charge in [-0.25, -0.2) is 9.97 Å². The van der Waals surface area contributed by atoms with Crippen LogP contribution in [0.15, 0.2) is 30.5 Å². The third kappa shape index (κ3) is 2.37. The van der Waals surface area contributed by atoms with Gasteiger partial charge >= 0.3 is 0 Å². The highest BCUT2D eigenvalue weighted by Crippen LogP contribution is 2.21. The van der Waals surface area contributed by atoms with Crippen LogP contribution < -0.4 is 4.74 Å². The van der Waals surface area contributed by atoms with Gasteiger partial charge in [-0.05, 0) is 26.0 Å². The maximum absolute atomic E-state index is 11.3. The van der Waals surface area contributed by atoms with E-state index in [0.717, 1.165) is 11.3 Å². The fraction of sp³-hybridized carbons (Fsp3) is 0.214. The van der Waals surface area contributed by atoms with Crippen LogP contribution in [0.4, 0.5) is 0 Å². The summed E-state index contributed by atoms with van der Waals surface area (Å²) in [6.45, 7) is 3.32. The summed E-state index contributed by atoms with van der Waals surface area (Å²) in [7, 11) is 1.62. The summed E-state index contributed by atoms with van der Waals surface area (Å²) in [5.41, 5.74) is 2.12. The van der Waals surface area contributed by atoms with Crippen molar-refractivity contribution < 1.29 is 9.53 Å². The van der Waals surface area contributed by atoms with Crippen LogP contribution in [0.1, 0.15) is 23.0 Å². The Balaban J connectivity index is 2.45. The van der Waals surface area contributed by atoms with Crippen molar-refractivity contribution in [3.63, 3.8) is 0 Å². The van der Waals surface area contributed by atoms with Crippen molar-refractivity contribution in [3.8, 4) is 17.1 Å². The van der Waals surface area contributed by atoms with E-state index in [1.807, 2.05) is 31.2 Å². The molecule has 0 N–H and O–H groups in total. The van der Waals surface area contributed by atoms with Gasteiger partial charge in [0.2, 0.25) is 0 Å². The number of ether oxygens (including phenoxy) is 1. The molecule has 4 heteroatoms. The minimum absolute atomic E-state index is 0.0234. The normalized spacial score (nSPS) is 10.2. The smallest absolute Gasteiger partial charge is 0.163 e. The van der Waals surface area contributed by atoms with Gasteiger partial charge in [0.15, 0.2) is 11.6 Å². The van der Waals surface area contributed by atoms with Crippen molar-refractivity contribution in [2.45, 2.75) is 13.8 Å². The van der Waals surface area contributed by atoms with E-state index < -0.39 is 0 Å². The number of carbonyl (C=O) groups is 1. The number of benzene rings is 1. The van der Waals surface area contributed by atoms with Gasteiger partial charge in [0.05, 0.1) is 18.4 Å². The molecule has 1 aromatic carbocycles. The van der Waals surface area contributed by atoms with Crippen molar-refractivity contribution in [2.75, 3.05) is 7.11 Å². The van der Waals surface area contributed by atoms with E-state index >= 15 is 0 Å². The van der Waals surface area contributed by atoms with Crippen LogP contribution in [0.3, 0.4) is 0 Å². The van der Waals surface area contributed by atoms with Crippen LogP contribution in [-0.2, 0) is 0 Å². The molecule has 0 fully saturated rings. The molecule has 0 amide bonds. The number of aryl methyl sites for hydroxylation is 1. The minimum atomic E-state index is -0.0234. The predicted molar refractivity (Wildman–Crippen MR) is 68.8 cm³/mol. The first kappa shape index (κ1) is 12.2. The maximum Gasteiger partial charge on any atom is 0.163 e. The number of methoxy groups -OCH3 is 1. The van der Waals surface area contributed by atoms with Crippen LogP contribution in [0, 0.1) is 6.92 Å². The lowest BCUT2D eigenvalue weighted by molar-refractivity contribution is 0.101. The van der Waals surface area contributed by atoms with Crippen LogP contribution >= 0.6 is 0 Å². The molecule has 2 rings (SSSR count). The van der Waals surface area contributed by atoms with Gasteiger partial charge in [-0.1, -0.05) is 12.1 Å². The van der Waals surface area contributed by atoms with Crippen LogP contribution in [-0.4, -0.2) is 22.9 Å². The first-order valence-electron chi connectivity index (χ1n) is 5.61. The standard InChI is InChI=1S/C14H14N2O2/c1-9-13(10(2)17)8-15-14(16-9)11-5-4-6-12(7-11)18-3/h4-8H,1-3H3. The lowest BCUT2D eigenvalue weighted by Gasteiger charge is -2.06. The number of nitrogens with zero attached hydrogens (tertiary/aromatic N) is 2. The van der Waals surface area contributed by atoms with E-state index in [9.17, 15) is 4.79 Å². The first-order valence-corrected chi connectivity index (χ1v) is 5.61. The monoisotopic (exact) mass is 242 g/mol. The Morgan fingerprint density at radius 2 is 2.11 bits per heavy atom. The van der Waals surface area contributed by atoms with E-state index in [4.69, 9.17) is 4.74 Å². The summed E-state index contributed by atoms with van der Waals surface area (Å²) in [4.78, 5) is 19.9. The quantitative estimate of drug-likeness (QED) is 0.776. The zero-order valence-corrected chi connectivity index (χ0v) is 10.6. The Hall–Kier alpha value is -2.23. The molecule has 1 aromatic heterocycles. The predicted octanol–water partition coefficient (Wildman–Crippen LogP) is 2.66. The second-order valence-corrected chi connectivity index (χ2v) is 3.98. The number of aromatic nitrogens is 2. The Kier molecular flexibility index (Phi) is 3.37. The summed E-state index contributed by atoms with van der Waals surface area (Å²) < 4.78 is 5.16. The molecule has 18 heavy (non-hydrogen) atoms. The van der Waals surface area contributed by atoms with Gasteiger partial charge < -0.3 is 4.74 Å². The average molecular weight is 242 g/mol. The molecular formula is C14H14N2O2. The molecule has 0 aliphatic rings. The van der Waals surface area contributed by atoms with Gasteiger partial charge in [0.1, 0.15) is 5.75 Å². The molecule has 0 saturated heterocycles. The molecule has 0 radical (unpaired) electrons. The molecule has 0 spiro atoms. The second-order valence-electron chi connectivity index (χ2n) is 3.98. The summed E-state index contributed by atoms with van der Waals surface area (Å²) in [6.07, 6.45) is 1.57. The Bertz CT molecular complexity index is 594. The van der Waals surface area contributed by atoms with Gasteiger partial charge in [0, 0.05) is 11.8 Å². The molecular weight excluding hydrogens is 228 g/mol. The number of hydrogen-bond acceptors (Lipinski definition) is 4. The zero-order valence-electron chi connectivity index (χ0n) is 10.6. The van der Waals surface area contributed by atoms with Gasteiger partial charge in [0.25, 0.3) is 0 Å². The average Bonchev–Trinajstić information content (AvgIpc) is 2.38. The van der Waals surface area contributed by atoms with Crippen molar-refractivity contribution in [1.29, 1.82) is 0 Å². The van der Waals surface area contributed by atoms with Crippen LogP contribution in [0.2, 0.25) is 0 Å². The topological polar surface area (TPSA) is 52.1 Å². The summed E-state index contributed by atoms with van der Waals surface area (Å²) in [5.74, 6) is 1.32. The molecule has 0 atom stereocenters. The van der Waals surface area contributed by atoms with Crippen LogP contribution in [0.5, 0.6) is 5.75 Å². The molecule has 0 aliphatic carbocycles.